The normalized spacial score (nSPS) is 12.1. The molecule has 0 bridgehead atoms. The van der Waals surface area contributed by atoms with Gasteiger partial charge in [-0.2, -0.15) is 0 Å². The highest BCUT2D eigenvalue weighted by Gasteiger charge is 2.24. The lowest BCUT2D eigenvalue weighted by molar-refractivity contribution is -0.115. The van der Waals surface area contributed by atoms with Gasteiger partial charge in [-0.05, 0) is 20.3 Å². The fourth-order valence-electron chi connectivity index (χ4n) is 2.76. The molecule has 0 saturated heterocycles. The smallest absolute Gasteiger partial charge is 0.239 e. The van der Waals surface area contributed by atoms with Crippen LogP contribution in [-0.2, 0) is 11.8 Å². The van der Waals surface area contributed by atoms with E-state index in [4.69, 9.17) is 4.52 Å². The van der Waals surface area contributed by atoms with Crippen molar-refractivity contribution in [1.29, 1.82) is 0 Å². The second-order valence-corrected chi connectivity index (χ2v) is 7.96. The molecule has 0 saturated carbocycles. The van der Waals surface area contributed by atoms with Crippen LogP contribution in [0.2, 0.25) is 0 Å². The van der Waals surface area contributed by atoms with Gasteiger partial charge in [0.1, 0.15) is 5.76 Å². The highest BCUT2D eigenvalue weighted by Crippen LogP contribution is 2.29. The number of anilines is 1. The van der Waals surface area contributed by atoms with Crippen LogP contribution < -0.4 is 5.32 Å². The number of unbranched alkanes of at least 4 members (excludes halogenated alkanes) is 1. The molecule has 1 N–H and O–H groups in total. The van der Waals surface area contributed by atoms with E-state index in [2.05, 4.69) is 34.5 Å². The molecule has 0 radical (unpaired) electrons. The molecule has 7 nitrogen and oxygen atoms in total. The summed E-state index contributed by atoms with van der Waals surface area (Å²) < 4.78 is 6.96. The Bertz CT molecular complexity index is 932. The molecule has 0 spiro atoms. The Kier molecular flexibility index (Phi) is 6.51. The molecule has 1 aromatic carbocycles. The molecule has 8 heteroatoms. The molecular formula is C20H25N5O2S. The van der Waals surface area contributed by atoms with E-state index < -0.39 is 0 Å². The number of aromatic nitrogens is 4. The summed E-state index contributed by atoms with van der Waals surface area (Å²) in [6.45, 7) is 5.95. The zero-order valence-electron chi connectivity index (χ0n) is 16.6. The first-order valence-electron chi connectivity index (χ1n) is 9.35. The SMILES string of the molecule is CCCC[C@H](Sc1nnc(-c2ccc(C)cc2)n1C)C(=O)Nc1cc(C)on1. The van der Waals surface area contributed by atoms with Crippen LogP contribution in [-0.4, -0.2) is 31.1 Å². The number of carbonyl (C=O) groups excluding carboxylic acids is 1. The molecule has 148 valence electrons. The summed E-state index contributed by atoms with van der Waals surface area (Å²) in [7, 11) is 1.92. The lowest BCUT2D eigenvalue weighted by atomic mass is 10.1. The van der Waals surface area contributed by atoms with Crippen molar-refractivity contribution in [2.45, 2.75) is 50.4 Å². The number of aryl methyl sites for hydroxylation is 2. The van der Waals surface area contributed by atoms with Crippen molar-refractivity contribution in [2.75, 3.05) is 5.32 Å². The van der Waals surface area contributed by atoms with Gasteiger partial charge in [0.05, 0.1) is 5.25 Å². The van der Waals surface area contributed by atoms with Gasteiger partial charge in [0.25, 0.3) is 0 Å². The maximum absolute atomic E-state index is 12.8. The molecule has 2 heterocycles. The number of nitrogens with zero attached hydrogens (tertiary/aromatic N) is 4. The number of benzene rings is 1. The lowest BCUT2D eigenvalue weighted by Gasteiger charge is -2.14. The third-order valence-corrected chi connectivity index (χ3v) is 5.68. The first-order chi connectivity index (χ1) is 13.5. The lowest BCUT2D eigenvalue weighted by Crippen LogP contribution is -2.25. The van der Waals surface area contributed by atoms with Gasteiger partial charge in [0.15, 0.2) is 16.8 Å². The molecule has 0 aliphatic heterocycles. The van der Waals surface area contributed by atoms with Gasteiger partial charge in [0.2, 0.25) is 5.91 Å². The van der Waals surface area contributed by atoms with Gasteiger partial charge in [-0.25, -0.2) is 0 Å². The molecule has 1 amide bonds. The molecule has 0 unspecified atom stereocenters. The summed E-state index contributed by atoms with van der Waals surface area (Å²) in [6.07, 6.45) is 2.71. The molecule has 0 aliphatic rings. The van der Waals surface area contributed by atoms with Crippen LogP contribution in [0.4, 0.5) is 5.82 Å². The van der Waals surface area contributed by atoms with Gasteiger partial charge in [-0.15, -0.1) is 10.2 Å². The molecule has 28 heavy (non-hydrogen) atoms. The molecule has 2 aromatic heterocycles. The molecular weight excluding hydrogens is 374 g/mol. The molecule has 1 atom stereocenters. The van der Waals surface area contributed by atoms with E-state index in [-0.39, 0.29) is 11.2 Å². The highest BCUT2D eigenvalue weighted by molar-refractivity contribution is 8.00. The van der Waals surface area contributed by atoms with Gasteiger partial charge in [0, 0.05) is 18.7 Å². The van der Waals surface area contributed by atoms with Crippen LogP contribution in [0.3, 0.4) is 0 Å². The molecule has 0 fully saturated rings. The minimum atomic E-state index is -0.286. The fraction of sp³-hybridized carbons (Fsp3) is 0.400. The van der Waals surface area contributed by atoms with E-state index in [9.17, 15) is 4.79 Å². The average Bonchev–Trinajstić information content (AvgIpc) is 3.25. The maximum Gasteiger partial charge on any atom is 0.239 e. The molecule has 3 aromatic rings. The summed E-state index contributed by atoms with van der Waals surface area (Å²) in [6, 6.07) is 9.86. The summed E-state index contributed by atoms with van der Waals surface area (Å²) in [5.74, 6) is 1.77. The number of nitrogens with one attached hydrogen (secondary N) is 1. The highest BCUT2D eigenvalue weighted by atomic mass is 32.2. The van der Waals surface area contributed by atoms with Crippen LogP contribution in [0.25, 0.3) is 11.4 Å². The van der Waals surface area contributed by atoms with Gasteiger partial charge < -0.3 is 14.4 Å². The van der Waals surface area contributed by atoms with Crippen molar-refractivity contribution < 1.29 is 9.32 Å². The van der Waals surface area contributed by atoms with Crippen LogP contribution in [0.5, 0.6) is 0 Å². The molecule has 0 aliphatic carbocycles. The average molecular weight is 400 g/mol. The van der Waals surface area contributed by atoms with Crippen molar-refractivity contribution in [3.63, 3.8) is 0 Å². The zero-order chi connectivity index (χ0) is 20.1. The summed E-state index contributed by atoms with van der Waals surface area (Å²) in [5, 5.41) is 15.7. The van der Waals surface area contributed by atoms with Gasteiger partial charge in [-0.3, -0.25) is 4.79 Å². The van der Waals surface area contributed by atoms with E-state index in [1.54, 1.807) is 13.0 Å². The number of carbonyl (C=O) groups is 1. The van der Waals surface area contributed by atoms with Crippen molar-refractivity contribution in [3.8, 4) is 11.4 Å². The Morgan fingerprint density at radius 2 is 2.00 bits per heavy atom. The summed E-state index contributed by atoms with van der Waals surface area (Å²) in [5.41, 5.74) is 2.19. The Hall–Kier alpha value is -2.61. The van der Waals surface area contributed by atoms with Gasteiger partial charge >= 0.3 is 0 Å². The molecule has 3 rings (SSSR count). The predicted molar refractivity (Wildman–Crippen MR) is 110 cm³/mol. The van der Waals surface area contributed by atoms with Crippen molar-refractivity contribution >= 4 is 23.5 Å². The first-order valence-corrected chi connectivity index (χ1v) is 10.2. The summed E-state index contributed by atoms with van der Waals surface area (Å²) >= 11 is 1.43. The second-order valence-electron chi connectivity index (χ2n) is 6.79. The van der Waals surface area contributed by atoms with Crippen LogP contribution in [0, 0.1) is 13.8 Å². The van der Waals surface area contributed by atoms with E-state index in [1.807, 2.05) is 35.9 Å². The second kappa shape index (κ2) is 9.05. The Balaban J connectivity index is 1.77. The Morgan fingerprint density at radius 1 is 1.25 bits per heavy atom. The van der Waals surface area contributed by atoms with E-state index in [0.717, 1.165) is 30.7 Å². The predicted octanol–water partition coefficient (Wildman–Crippen LogP) is 4.38. The Morgan fingerprint density at radius 3 is 2.64 bits per heavy atom. The van der Waals surface area contributed by atoms with E-state index in [1.165, 1.54) is 17.3 Å². The topological polar surface area (TPSA) is 85.8 Å². The van der Waals surface area contributed by atoms with E-state index in [0.29, 0.717) is 16.7 Å². The zero-order valence-corrected chi connectivity index (χ0v) is 17.4. The maximum atomic E-state index is 12.8. The van der Waals surface area contributed by atoms with Crippen LogP contribution in [0.15, 0.2) is 40.0 Å². The minimum Gasteiger partial charge on any atom is -0.360 e. The minimum absolute atomic E-state index is 0.105. The number of hydrogen-bond donors (Lipinski definition) is 1. The number of rotatable bonds is 8. The van der Waals surface area contributed by atoms with Crippen molar-refractivity contribution in [3.05, 3.63) is 41.7 Å². The van der Waals surface area contributed by atoms with Crippen molar-refractivity contribution in [2.24, 2.45) is 7.05 Å². The van der Waals surface area contributed by atoms with E-state index >= 15 is 0 Å². The standard InChI is InChI=1S/C20H25N5O2S/c1-5-6-7-16(19(26)21-17-12-14(3)27-24-17)28-20-23-22-18(25(20)4)15-10-8-13(2)9-11-15/h8-12,16H,5-7H2,1-4H3,(H,21,24,26)/t16-/m0/s1. The number of thioether (sulfide) groups is 1. The fourth-order valence-corrected chi connectivity index (χ4v) is 3.80. The third-order valence-electron chi connectivity index (χ3n) is 4.38. The third kappa shape index (κ3) is 4.81. The monoisotopic (exact) mass is 399 g/mol. The number of hydrogen-bond acceptors (Lipinski definition) is 6. The largest absolute Gasteiger partial charge is 0.360 e. The Labute approximate surface area is 168 Å². The number of amides is 1. The van der Waals surface area contributed by atoms with Crippen LogP contribution >= 0.6 is 11.8 Å². The van der Waals surface area contributed by atoms with Gasteiger partial charge in [-0.1, -0.05) is 66.5 Å². The first kappa shape index (κ1) is 20.1. The summed E-state index contributed by atoms with van der Waals surface area (Å²) in [4.78, 5) is 12.8. The van der Waals surface area contributed by atoms with Crippen molar-refractivity contribution in [1.82, 2.24) is 19.9 Å². The quantitative estimate of drug-likeness (QED) is 0.566. The van der Waals surface area contributed by atoms with Crippen LogP contribution in [0.1, 0.15) is 37.5 Å².